The largest absolute Gasteiger partial charge is 0.309 e. The molecule has 3 nitrogen and oxygen atoms in total. The highest BCUT2D eigenvalue weighted by molar-refractivity contribution is 6.19. The summed E-state index contributed by atoms with van der Waals surface area (Å²) in [4.78, 5) is 9.36. The molecule has 0 aliphatic carbocycles. The van der Waals surface area contributed by atoms with E-state index in [1.807, 2.05) is 36.7 Å². The smallest absolute Gasteiger partial charge is 0.0702 e. The van der Waals surface area contributed by atoms with Crippen LogP contribution in [0.25, 0.3) is 71.6 Å². The number of fused-ring (bicyclic) bond motifs is 7. The van der Waals surface area contributed by atoms with Crippen LogP contribution in [0.4, 0.5) is 0 Å². The van der Waals surface area contributed by atoms with E-state index in [0.29, 0.717) is 0 Å². The van der Waals surface area contributed by atoms with E-state index < -0.39 is 0 Å². The Kier molecular flexibility index (Phi) is 6.12. The summed E-state index contributed by atoms with van der Waals surface area (Å²) in [6, 6.07) is 53.8. The van der Waals surface area contributed by atoms with E-state index in [1.165, 1.54) is 26.9 Å². The highest BCUT2D eigenvalue weighted by Gasteiger charge is 2.13. The second-order valence-corrected chi connectivity index (χ2v) is 10.7. The molecule has 3 heterocycles. The number of hydrogen-bond donors (Lipinski definition) is 0. The summed E-state index contributed by atoms with van der Waals surface area (Å²) in [5.74, 6) is 0. The van der Waals surface area contributed by atoms with Crippen molar-refractivity contribution in [1.82, 2.24) is 14.5 Å². The van der Waals surface area contributed by atoms with Gasteiger partial charge < -0.3 is 4.57 Å². The predicted octanol–water partition coefficient (Wildman–Crippen LogP) is 10.3. The van der Waals surface area contributed by atoms with Crippen molar-refractivity contribution in [3.8, 4) is 28.2 Å². The zero-order valence-electron chi connectivity index (χ0n) is 23.4. The van der Waals surface area contributed by atoms with Crippen molar-refractivity contribution in [2.75, 3.05) is 0 Å². The number of nitrogens with zero attached hydrogens (tertiary/aromatic N) is 3. The fourth-order valence-electron chi connectivity index (χ4n) is 6.19. The van der Waals surface area contributed by atoms with Crippen molar-refractivity contribution < 1.29 is 0 Å². The van der Waals surface area contributed by atoms with Crippen LogP contribution < -0.4 is 0 Å². The summed E-state index contributed by atoms with van der Waals surface area (Å²) in [6.07, 6.45) is 3.70. The lowest BCUT2D eigenvalue weighted by molar-refractivity contribution is 1.17. The molecule has 0 bridgehead atoms. The number of pyridine rings is 2. The molecule has 0 aliphatic heterocycles. The lowest BCUT2D eigenvalue weighted by Gasteiger charge is -2.16. The van der Waals surface area contributed by atoms with Crippen LogP contribution in [0.15, 0.2) is 164 Å². The van der Waals surface area contributed by atoms with Gasteiger partial charge in [-0.3, -0.25) is 9.97 Å². The molecular formula is C40H27N3. The number of rotatable bonds is 3. The Morgan fingerprint density at radius 1 is 0.349 bits per heavy atom. The quantitative estimate of drug-likeness (QED) is 0.219. The molecule has 0 N–H and O–H groups in total. The van der Waals surface area contributed by atoms with Gasteiger partial charge in [0.2, 0.25) is 0 Å². The van der Waals surface area contributed by atoms with E-state index in [0.717, 1.165) is 44.6 Å². The Balaban J connectivity index is 1.64. The molecule has 0 amide bonds. The molecule has 0 atom stereocenters. The summed E-state index contributed by atoms with van der Waals surface area (Å²) < 4.78 is 2.41. The van der Waals surface area contributed by atoms with Gasteiger partial charge in [-0.25, -0.2) is 0 Å². The van der Waals surface area contributed by atoms with Crippen LogP contribution in [0, 0.1) is 0 Å². The lowest BCUT2D eigenvalue weighted by atomic mass is 10.0. The molecule has 202 valence electrons. The molecule has 5 aromatic carbocycles. The van der Waals surface area contributed by atoms with Gasteiger partial charge in [0.15, 0.2) is 0 Å². The van der Waals surface area contributed by atoms with Crippen molar-refractivity contribution >= 4 is 43.4 Å². The van der Waals surface area contributed by atoms with Crippen molar-refractivity contribution in [3.05, 3.63) is 164 Å². The minimum atomic E-state index is 0.942. The maximum absolute atomic E-state index is 4.70. The van der Waals surface area contributed by atoms with Gasteiger partial charge >= 0.3 is 0 Å². The van der Waals surface area contributed by atoms with Gasteiger partial charge in [-0.1, -0.05) is 103 Å². The van der Waals surface area contributed by atoms with Gasteiger partial charge in [-0.05, 0) is 70.1 Å². The lowest BCUT2D eigenvalue weighted by Crippen LogP contribution is -1.99. The third-order valence-corrected chi connectivity index (χ3v) is 8.13. The Morgan fingerprint density at radius 3 is 1.47 bits per heavy atom. The van der Waals surface area contributed by atoms with Gasteiger partial charge in [-0.2, -0.15) is 0 Å². The zero-order chi connectivity index (χ0) is 28.6. The molecular weight excluding hydrogens is 522 g/mol. The third kappa shape index (κ3) is 4.39. The number of benzene rings is 5. The monoisotopic (exact) mass is 549 g/mol. The van der Waals surface area contributed by atoms with Gasteiger partial charge in [0.05, 0.1) is 22.4 Å². The topological polar surface area (TPSA) is 30.7 Å². The molecule has 0 fully saturated rings. The highest BCUT2D eigenvalue weighted by atomic mass is 15.0. The Labute approximate surface area is 249 Å². The van der Waals surface area contributed by atoms with Crippen LogP contribution in [0.3, 0.4) is 0 Å². The van der Waals surface area contributed by atoms with Gasteiger partial charge in [-0.15, -0.1) is 0 Å². The molecule has 43 heavy (non-hydrogen) atoms. The van der Waals surface area contributed by atoms with E-state index >= 15 is 0 Å². The van der Waals surface area contributed by atoms with Crippen LogP contribution in [0.5, 0.6) is 0 Å². The summed E-state index contributed by atoms with van der Waals surface area (Å²) >= 11 is 0. The fourth-order valence-corrected chi connectivity index (χ4v) is 6.19. The summed E-state index contributed by atoms with van der Waals surface area (Å²) in [6.45, 7) is 0. The third-order valence-electron chi connectivity index (χ3n) is 8.13. The number of aromatic nitrogens is 3. The van der Waals surface area contributed by atoms with Crippen molar-refractivity contribution in [2.24, 2.45) is 0 Å². The second-order valence-electron chi connectivity index (χ2n) is 10.7. The van der Waals surface area contributed by atoms with E-state index in [1.54, 1.807) is 0 Å². The molecule has 0 unspecified atom stereocenters. The second kappa shape index (κ2) is 10.6. The maximum atomic E-state index is 4.70. The Bertz CT molecular complexity index is 2340. The first-order chi connectivity index (χ1) is 21.3. The minimum absolute atomic E-state index is 0.942. The molecule has 0 aliphatic rings. The van der Waals surface area contributed by atoms with Gasteiger partial charge in [0, 0.05) is 40.0 Å². The van der Waals surface area contributed by atoms with Crippen LogP contribution in [0.2, 0.25) is 0 Å². The average molecular weight is 550 g/mol. The van der Waals surface area contributed by atoms with E-state index in [9.17, 15) is 0 Å². The molecule has 3 aromatic heterocycles. The Morgan fingerprint density at radius 2 is 0.860 bits per heavy atom. The normalized spacial score (nSPS) is 11.3. The van der Waals surface area contributed by atoms with E-state index in [2.05, 4.69) is 137 Å². The SMILES string of the molecule is c1ccc(-c2cccc(-n3c4ccccc4c4ccccc4c4ccccc4c4ccc(-c5ccccn5)cc43)c2)nc1. The van der Waals surface area contributed by atoms with Crippen LogP contribution in [-0.2, 0) is 0 Å². The summed E-state index contributed by atoms with van der Waals surface area (Å²) in [5, 5.41) is 7.15. The summed E-state index contributed by atoms with van der Waals surface area (Å²) in [5.41, 5.74) is 7.29. The first-order valence-electron chi connectivity index (χ1n) is 14.5. The first kappa shape index (κ1) is 25.0. The van der Waals surface area contributed by atoms with Crippen molar-refractivity contribution in [3.63, 3.8) is 0 Å². The molecule has 0 radical (unpaired) electrons. The molecule has 0 spiro atoms. The number of para-hydroxylation sites is 1. The maximum Gasteiger partial charge on any atom is 0.0702 e. The predicted molar refractivity (Wildman–Crippen MR) is 180 cm³/mol. The molecule has 8 aromatic rings. The van der Waals surface area contributed by atoms with Crippen molar-refractivity contribution in [2.45, 2.75) is 0 Å². The molecule has 8 rings (SSSR count). The highest BCUT2D eigenvalue weighted by Crippen LogP contribution is 2.36. The first-order valence-corrected chi connectivity index (χ1v) is 14.5. The molecule has 0 saturated heterocycles. The zero-order valence-corrected chi connectivity index (χ0v) is 23.4. The van der Waals surface area contributed by atoms with Crippen LogP contribution >= 0.6 is 0 Å². The molecule has 0 saturated carbocycles. The average Bonchev–Trinajstić information content (AvgIpc) is 3.13. The van der Waals surface area contributed by atoms with E-state index in [-0.39, 0.29) is 0 Å². The molecule has 3 heteroatoms. The van der Waals surface area contributed by atoms with E-state index in [4.69, 9.17) is 4.98 Å². The van der Waals surface area contributed by atoms with Gasteiger partial charge in [0.1, 0.15) is 0 Å². The van der Waals surface area contributed by atoms with Crippen LogP contribution in [0.1, 0.15) is 0 Å². The standard InChI is InChI=1S/C40H27N3/c1-3-16-33-31(14-1)32-15-2-4-17-34(32)36-23-22-29(38-20-8-10-25-42-38)27-40(36)43(39-21-6-5-18-35(33)39)30-13-11-12-28(26-30)37-19-7-9-24-41-37/h1-27H. The Hall–Kier alpha value is -5.80. The summed E-state index contributed by atoms with van der Waals surface area (Å²) in [7, 11) is 0. The van der Waals surface area contributed by atoms with Gasteiger partial charge in [0.25, 0.3) is 0 Å². The number of hydrogen-bond acceptors (Lipinski definition) is 2. The van der Waals surface area contributed by atoms with Crippen molar-refractivity contribution in [1.29, 1.82) is 0 Å². The van der Waals surface area contributed by atoms with Crippen LogP contribution in [-0.4, -0.2) is 14.5 Å². The minimum Gasteiger partial charge on any atom is -0.309 e. The fraction of sp³-hybridized carbons (Fsp3) is 0.